The van der Waals surface area contributed by atoms with Crippen molar-refractivity contribution in [3.63, 3.8) is 0 Å². The molecule has 3 nitrogen and oxygen atoms in total. The molecular formula is C16H15ClN2OS. The van der Waals surface area contributed by atoms with Gasteiger partial charge >= 0.3 is 0 Å². The normalized spacial score (nSPS) is 10.2. The summed E-state index contributed by atoms with van der Waals surface area (Å²) in [4.78, 5) is 12.7. The van der Waals surface area contributed by atoms with Gasteiger partial charge in [0.1, 0.15) is 0 Å². The third-order valence-electron chi connectivity index (χ3n) is 3.06. The number of hydrogen-bond acceptors (Lipinski definition) is 2. The Morgan fingerprint density at radius 2 is 2.00 bits per heavy atom. The summed E-state index contributed by atoms with van der Waals surface area (Å²) in [5.41, 5.74) is 8.54. The third kappa shape index (κ3) is 4.03. The number of halogens is 1. The molecule has 0 heterocycles. The smallest absolute Gasteiger partial charge is 0.255 e. The molecule has 5 heteroatoms. The largest absolute Gasteiger partial charge is 0.393 e. The highest BCUT2D eigenvalue weighted by Gasteiger charge is 2.12. The minimum Gasteiger partial charge on any atom is -0.393 e. The van der Waals surface area contributed by atoms with Gasteiger partial charge in [-0.05, 0) is 36.2 Å². The topological polar surface area (TPSA) is 55.1 Å². The Hall–Kier alpha value is -1.91. The number of nitrogens with two attached hydrogens (primary N) is 1. The van der Waals surface area contributed by atoms with Crippen LogP contribution in [0, 0.1) is 6.92 Å². The number of hydrogen-bond donors (Lipinski definition) is 2. The van der Waals surface area contributed by atoms with E-state index >= 15 is 0 Å². The second-order valence-electron chi connectivity index (χ2n) is 4.72. The lowest BCUT2D eigenvalue weighted by Gasteiger charge is -2.10. The van der Waals surface area contributed by atoms with Crippen LogP contribution in [0.4, 0.5) is 5.69 Å². The highest BCUT2D eigenvalue weighted by atomic mass is 35.5. The van der Waals surface area contributed by atoms with Gasteiger partial charge in [-0.1, -0.05) is 48.1 Å². The van der Waals surface area contributed by atoms with Crippen LogP contribution >= 0.6 is 23.8 Å². The number of carbonyl (C=O) groups excluding carboxylic acids is 1. The van der Waals surface area contributed by atoms with Crippen LogP contribution in [-0.4, -0.2) is 10.9 Å². The zero-order chi connectivity index (χ0) is 15.4. The summed E-state index contributed by atoms with van der Waals surface area (Å²) in [6.07, 6.45) is 0.396. The summed E-state index contributed by atoms with van der Waals surface area (Å²) in [6, 6.07) is 12.7. The van der Waals surface area contributed by atoms with Crippen LogP contribution in [-0.2, 0) is 6.42 Å². The second kappa shape index (κ2) is 6.70. The van der Waals surface area contributed by atoms with Crippen molar-refractivity contribution in [3.05, 3.63) is 64.2 Å². The SMILES string of the molecule is Cc1ccc(NC(=O)c2ccccc2CC(N)=S)cc1Cl. The summed E-state index contributed by atoms with van der Waals surface area (Å²) in [7, 11) is 0. The Bertz CT molecular complexity index is 700. The Morgan fingerprint density at radius 1 is 1.29 bits per heavy atom. The summed E-state index contributed by atoms with van der Waals surface area (Å²) in [6.45, 7) is 1.91. The van der Waals surface area contributed by atoms with Crippen LogP contribution in [0.1, 0.15) is 21.5 Å². The number of benzene rings is 2. The van der Waals surface area contributed by atoms with Gasteiger partial charge in [0.15, 0.2) is 0 Å². The van der Waals surface area contributed by atoms with E-state index in [2.05, 4.69) is 5.32 Å². The van der Waals surface area contributed by atoms with Crippen LogP contribution in [0.2, 0.25) is 5.02 Å². The fraction of sp³-hybridized carbons (Fsp3) is 0.125. The number of rotatable bonds is 4. The molecule has 0 saturated carbocycles. The lowest BCUT2D eigenvalue weighted by Crippen LogP contribution is -2.18. The Morgan fingerprint density at radius 3 is 2.67 bits per heavy atom. The van der Waals surface area contributed by atoms with E-state index in [0.29, 0.717) is 27.7 Å². The first-order chi connectivity index (χ1) is 9.97. The first-order valence-corrected chi connectivity index (χ1v) is 7.19. The number of amides is 1. The van der Waals surface area contributed by atoms with Crippen molar-refractivity contribution >= 4 is 40.4 Å². The van der Waals surface area contributed by atoms with E-state index in [9.17, 15) is 4.79 Å². The van der Waals surface area contributed by atoms with E-state index in [1.54, 1.807) is 18.2 Å². The van der Waals surface area contributed by atoms with E-state index < -0.39 is 0 Å². The number of anilines is 1. The molecule has 0 aliphatic heterocycles. The van der Waals surface area contributed by atoms with Gasteiger partial charge in [0.2, 0.25) is 0 Å². The molecule has 3 N–H and O–H groups in total. The van der Waals surface area contributed by atoms with E-state index in [1.165, 1.54) is 0 Å². The molecule has 0 saturated heterocycles. The average molecular weight is 319 g/mol. The zero-order valence-electron chi connectivity index (χ0n) is 11.5. The van der Waals surface area contributed by atoms with Gasteiger partial charge in [0, 0.05) is 22.7 Å². The maximum atomic E-state index is 12.4. The molecule has 1 amide bonds. The number of nitrogens with one attached hydrogen (secondary N) is 1. The zero-order valence-corrected chi connectivity index (χ0v) is 13.1. The summed E-state index contributed by atoms with van der Waals surface area (Å²) >= 11 is 11.0. The quantitative estimate of drug-likeness (QED) is 0.845. The third-order valence-corrected chi connectivity index (χ3v) is 3.61. The van der Waals surface area contributed by atoms with Crippen molar-refractivity contribution in [2.75, 3.05) is 5.32 Å². The standard InChI is InChI=1S/C16H15ClN2OS/c1-10-6-7-12(9-14(10)17)19-16(20)13-5-3-2-4-11(13)8-15(18)21/h2-7,9H,8H2,1H3,(H2,18,21)(H,19,20). The summed E-state index contributed by atoms with van der Waals surface area (Å²) < 4.78 is 0. The first-order valence-electron chi connectivity index (χ1n) is 6.41. The van der Waals surface area contributed by atoms with Crippen LogP contribution in [0.5, 0.6) is 0 Å². The van der Waals surface area contributed by atoms with Gasteiger partial charge in [-0.2, -0.15) is 0 Å². The van der Waals surface area contributed by atoms with Crippen molar-refractivity contribution < 1.29 is 4.79 Å². The predicted molar refractivity (Wildman–Crippen MR) is 91.1 cm³/mol. The Balaban J connectivity index is 2.24. The van der Waals surface area contributed by atoms with Crippen molar-refractivity contribution in [1.29, 1.82) is 0 Å². The lowest BCUT2D eigenvalue weighted by molar-refractivity contribution is 0.102. The molecule has 0 spiro atoms. The fourth-order valence-electron chi connectivity index (χ4n) is 1.95. The molecular weight excluding hydrogens is 304 g/mol. The molecule has 2 aromatic carbocycles. The maximum absolute atomic E-state index is 12.4. The molecule has 108 valence electrons. The number of thiocarbonyl (C=S) groups is 1. The predicted octanol–water partition coefficient (Wildman–Crippen LogP) is 3.73. The van der Waals surface area contributed by atoms with Crippen LogP contribution in [0.3, 0.4) is 0 Å². The molecule has 0 fully saturated rings. The molecule has 0 aliphatic carbocycles. The number of carbonyl (C=O) groups is 1. The highest BCUT2D eigenvalue weighted by Crippen LogP contribution is 2.21. The van der Waals surface area contributed by atoms with Gasteiger partial charge in [0.25, 0.3) is 5.91 Å². The highest BCUT2D eigenvalue weighted by molar-refractivity contribution is 7.80. The fourth-order valence-corrected chi connectivity index (χ4v) is 2.29. The number of aryl methyl sites for hydroxylation is 1. The lowest BCUT2D eigenvalue weighted by atomic mass is 10.0. The average Bonchev–Trinajstić information content (AvgIpc) is 2.43. The van der Waals surface area contributed by atoms with Crippen molar-refractivity contribution in [3.8, 4) is 0 Å². The minimum absolute atomic E-state index is 0.207. The van der Waals surface area contributed by atoms with Crippen LogP contribution < -0.4 is 11.1 Å². The molecule has 0 atom stereocenters. The van der Waals surface area contributed by atoms with E-state index in [1.807, 2.05) is 31.2 Å². The molecule has 0 unspecified atom stereocenters. The monoisotopic (exact) mass is 318 g/mol. The van der Waals surface area contributed by atoms with Crippen LogP contribution in [0.25, 0.3) is 0 Å². The van der Waals surface area contributed by atoms with Gasteiger partial charge < -0.3 is 11.1 Å². The van der Waals surface area contributed by atoms with E-state index in [4.69, 9.17) is 29.6 Å². The Kier molecular flexibility index (Phi) is 4.94. The maximum Gasteiger partial charge on any atom is 0.255 e. The van der Waals surface area contributed by atoms with Crippen molar-refractivity contribution in [2.24, 2.45) is 5.73 Å². The summed E-state index contributed by atoms with van der Waals surface area (Å²) in [5.74, 6) is -0.207. The molecule has 21 heavy (non-hydrogen) atoms. The van der Waals surface area contributed by atoms with Gasteiger partial charge in [-0.3, -0.25) is 4.79 Å². The summed E-state index contributed by atoms with van der Waals surface area (Å²) in [5, 5.41) is 3.45. The molecule has 2 rings (SSSR count). The van der Waals surface area contributed by atoms with Crippen molar-refractivity contribution in [1.82, 2.24) is 0 Å². The minimum atomic E-state index is -0.207. The first kappa shape index (κ1) is 15.5. The van der Waals surface area contributed by atoms with E-state index in [-0.39, 0.29) is 5.91 Å². The van der Waals surface area contributed by atoms with Crippen molar-refractivity contribution in [2.45, 2.75) is 13.3 Å². The molecule has 0 aromatic heterocycles. The van der Waals surface area contributed by atoms with Gasteiger partial charge in [0.05, 0.1) is 4.99 Å². The molecule has 2 aromatic rings. The Labute approximate surface area is 134 Å². The second-order valence-corrected chi connectivity index (χ2v) is 5.65. The molecule has 0 aliphatic rings. The molecule has 0 bridgehead atoms. The van der Waals surface area contributed by atoms with Gasteiger partial charge in [-0.25, -0.2) is 0 Å². The van der Waals surface area contributed by atoms with Crippen LogP contribution in [0.15, 0.2) is 42.5 Å². The van der Waals surface area contributed by atoms with E-state index in [0.717, 1.165) is 11.1 Å². The van der Waals surface area contributed by atoms with Gasteiger partial charge in [-0.15, -0.1) is 0 Å². The molecule has 0 radical (unpaired) electrons.